The summed E-state index contributed by atoms with van der Waals surface area (Å²) in [5, 5.41) is 21.7. The maximum atomic E-state index is 10.4. The first-order chi connectivity index (χ1) is 12.7. The average molecular weight is 373 g/mol. The molecule has 1 unspecified atom stereocenters. The van der Waals surface area contributed by atoms with E-state index in [2.05, 4.69) is 37.9 Å². The Morgan fingerprint density at radius 1 is 1.35 bits per heavy atom. The van der Waals surface area contributed by atoms with E-state index in [0.717, 1.165) is 29.6 Å². The second kappa shape index (κ2) is 8.77. The minimum atomic E-state index is -0.577. The Bertz CT molecular complexity index is 840. The van der Waals surface area contributed by atoms with Crippen LogP contribution in [0, 0.1) is 6.92 Å². The summed E-state index contributed by atoms with van der Waals surface area (Å²) in [6, 6.07) is 10.2. The molecule has 0 spiro atoms. The molecule has 8 heteroatoms. The van der Waals surface area contributed by atoms with Gasteiger partial charge in [-0.25, -0.2) is 0 Å². The first kappa shape index (κ1) is 18.3. The number of nitrogens with zero attached hydrogens (tertiary/aromatic N) is 3. The minimum absolute atomic E-state index is 0.398. The van der Waals surface area contributed by atoms with Crippen LogP contribution in [-0.2, 0) is 6.42 Å². The van der Waals surface area contributed by atoms with Gasteiger partial charge < -0.3 is 20.3 Å². The fraction of sp³-hybridized carbons (Fsp3) is 0.389. The Kier molecular flexibility index (Phi) is 6.19. The van der Waals surface area contributed by atoms with Gasteiger partial charge in [0.1, 0.15) is 6.10 Å². The molecular formula is C18H23N5O2S. The Labute approximate surface area is 156 Å². The smallest absolute Gasteiger partial charge is 0.226 e. The van der Waals surface area contributed by atoms with Crippen molar-refractivity contribution in [3.8, 4) is 0 Å². The zero-order chi connectivity index (χ0) is 18.4. The number of aliphatic hydroxyl groups is 1. The van der Waals surface area contributed by atoms with Crippen molar-refractivity contribution in [1.29, 1.82) is 0 Å². The fourth-order valence-corrected chi connectivity index (χ4v) is 3.62. The van der Waals surface area contributed by atoms with Gasteiger partial charge in [-0.05, 0) is 30.9 Å². The van der Waals surface area contributed by atoms with Crippen LogP contribution in [0.5, 0.6) is 0 Å². The molecular weight excluding hydrogens is 350 g/mol. The third-order valence-electron chi connectivity index (χ3n) is 3.89. The highest BCUT2D eigenvalue weighted by molar-refractivity contribution is 7.19. The van der Waals surface area contributed by atoms with E-state index in [4.69, 9.17) is 4.52 Å². The van der Waals surface area contributed by atoms with Crippen LogP contribution in [0.25, 0.3) is 10.1 Å². The van der Waals surface area contributed by atoms with Crippen LogP contribution in [0.4, 0.5) is 0 Å². The van der Waals surface area contributed by atoms with Crippen LogP contribution >= 0.6 is 11.3 Å². The number of hydrogen-bond acceptors (Lipinski definition) is 6. The van der Waals surface area contributed by atoms with Crippen molar-refractivity contribution in [1.82, 2.24) is 20.8 Å². The zero-order valence-corrected chi connectivity index (χ0v) is 15.7. The minimum Gasteiger partial charge on any atom is -0.386 e. The Morgan fingerprint density at radius 3 is 2.92 bits per heavy atom. The lowest BCUT2D eigenvalue weighted by Gasteiger charge is -2.14. The van der Waals surface area contributed by atoms with E-state index in [-0.39, 0.29) is 0 Å². The van der Waals surface area contributed by atoms with Crippen LogP contribution in [0.15, 0.2) is 39.8 Å². The van der Waals surface area contributed by atoms with Gasteiger partial charge in [-0.1, -0.05) is 23.4 Å². The molecule has 0 amide bonds. The van der Waals surface area contributed by atoms with Crippen LogP contribution in [-0.4, -0.2) is 41.3 Å². The highest BCUT2D eigenvalue weighted by Gasteiger charge is 2.12. The second-order valence-electron chi connectivity index (χ2n) is 5.92. The number of thiophene rings is 1. The van der Waals surface area contributed by atoms with E-state index >= 15 is 0 Å². The summed E-state index contributed by atoms with van der Waals surface area (Å²) in [6.45, 7) is 2.92. The Hall–Kier alpha value is -2.45. The number of fused-ring (bicyclic) bond motifs is 1. The van der Waals surface area contributed by atoms with Gasteiger partial charge in [0.2, 0.25) is 5.89 Å². The summed E-state index contributed by atoms with van der Waals surface area (Å²) in [6.07, 6.45) is 0.989. The number of aromatic nitrogens is 2. The lowest BCUT2D eigenvalue weighted by Crippen LogP contribution is -2.39. The number of benzene rings is 1. The van der Waals surface area contributed by atoms with Crippen LogP contribution in [0.3, 0.4) is 0 Å². The van der Waals surface area contributed by atoms with Crippen LogP contribution < -0.4 is 10.6 Å². The first-order valence-electron chi connectivity index (χ1n) is 8.56. The predicted molar refractivity (Wildman–Crippen MR) is 104 cm³/mol. The lowest BCUT2D eigenvalue weighted by atomic mass is 10.2. The summed E-state index contributed by atoms with van der Waals surface area (Å²) >= 11 is 1.61. The van der Waals surface area contributed by atoms with Crippen molar-refractivity contribution in [2.75, 3.05) is 20.1 Å². The first-order valence-corrected chi connectivity index (χ1v) is 9.37. The van der Waals surface area contributed by atoms with Gasteiger partial charge in [-0.3, -0.25) is 4.99 Å². The quantitative estimate of drug-likeness (QED) is 0.334. The fourth-order valence-electron chi connectivity index (χ4n) is 2.57. The molecule has 1 aromatic carbocycles. The van der Waals surface area contributed by atoms with Crippen molar-refractivity contribution in [2.45, 2.75) is 25.9 Å². The molecule has 0 bridgehead atoms. The molecule has 3 aromatic rings. The third-order valence-corrected chi connectivity index (χ3v) is 5.11. The molecule has 0 radical (unpaired) electrons. The van der Waals surface area contributed by atoms with Gasteiger partial charge in [-0.2, -0.15) is 4.98 Å². The molecule has 3 rings (SSSR count). The summed E-state index contributed by atoms with van der Waals surface area (Å²) in [7, 11) is 1.71. The lowest BCUT2D eigenvalue weighted by molar-refractivity contribution is 0.184. The van der Waals surface area contributed by atoms with Gasteiger partial charge in [-0.15, -0.1) is 11.3 Å². The molecule has 0 aliphatic rings. The normalized spacial score (nSPS) is 13.1. The average Bonchev–Trinajstić information content (AvgIpc) is 3.26. The molecule has 0 aliphatic heterocycles. The van der Waals surface area contributed by atoms with E-state index in [1.54, 1.807) is 25.3 Å². The molecule has 3 N–H and O–H groups in total. The SMILES string of the molecule is CN=C(NCCCc1nc(C)no1)NCC(O)c1cc2ccccc2s1. The summed E-state index contributed by atoms with van der Waals surface area (Å²) in [5.74, 6) is 1.96. The molecule has 138 valence electrons. The monoisotopic (exact) mass is 373 g/mol. The number of rotatable bonds is 7. The Balaban J connectivity index is 1.43. The van der Waals surface area contributed by atoms with Crippen LogP contribution in [0.2, 0.25) is 0 Å². The van der Waals surface area contributed by atoms with E-state index in [1.165, 1.54) is 4.70 Å². The number of aliphatic hydroxyl groups excluding tert-OH is 1. The number of aliphatic imine (C=N–C) groups is 1. The van der Waals surface area contributed by atoms with Gasteiger partial charge in [0.25, 0.3) is 0 Å². The molecule has 1 atom stereocenters. The highest BCUT2D eigenvalue weighted by Crippen LogP contribution is 2.29. The van der Waals surface area contributed by atoms with Crippen molar-refractivity contribution >= 4 is 27.4 Å². The molecule has 0 fully saturated rings. The van der Waals surface area contributed by atoms with E-state index in [0.29, 0.717) is 24.2 Å². The van der Waals surface area contributed by atoms with Gasteiger partial charge in [0.05, 0.1) is 0 Å². The topological polar surface area (TPSA) is 95.6 Å². The highest BCUT2D eigenvalue weighted by atomic mass is 32.1. The van der Waals surface area contributed by atoms with E-state index in [1.807, 2.05) is 18.2 Å². The molecule has 0 aliphatic carbocycles. The van der Waals surface area contributed by atoms with Crippen molar-refractivity contribution in [3.63, 3.8) is 0 Å². The standard InChI is InChI=1S/C18H23N5O2S/c1-12-22-17(25-23-12)8-5-9-20-18(19-2)21-11-14(24)16-10-13-6-3-4-7-15(13)26-16/h3-4,6-7,10,14,24H,5,8-9,11H2,1-2H3,(H2,19,20,21). The van der Waals surface area contributed by atoms with Crippen molar-refractivity contribution in [2.24, 2.45) is 4.99 Å². The van der Waals surface area contributed by atoms with Crippen LogP contribution in [0.1, 0.15) is 29.1 Å². The largest absolute Gasteiger partial charge is 0.386 e. The zero-order valence-electron chi connectivity index (χ0n) is 14.9. The predicted octanol–water partition coefficient (Wildman–Crippen LogP) is 2.42. The molecule has 0 saturated carbocycles. The number of guanidine groups is 1. The number of aryl methyl sites for hydroxylation is 2. The van der Waals surface area contributed by atoms with Gasteiger partial charge in [0.15, 0.2) is 11.8 Å². The molecule has 2 aromatic heterocycles. The maximum Gasteiger partial charge on any atom is 0.226 e. The molecule has 2 heterocycles. The molecule has 26 heavy (non-hydrogen) atoms. The Morgan fingerprint density at radius 2 is 2.19 bits per heavy atom. The number of nitrogens with one attached hydrogen (secondary N) is 2. The molecule has 7 nitrogen and oxygen atoms in total. The number of hydrogen-bond donors (Lipinski definition) is 3. The van der Waals surface area contributed by atoms with Crippen molar-refractivity contribution in [3.05, 3.63) is 46.9 Å². The summed E-state index contributed by atoms with van der Waals surface area (Å²) < 4.78 is 6.26. The van der Waals surface area contributed by atoms with E-state index in [9.17, 15) is 5.11 Å². The summed E-state index contributed by atoms with van der Waals surface area (Å²) in [5.41, 5.74) is 0. The van der Waals surface area contributed by atoms with Gasteiger partial charge >= 0.3 is 0 Å². The molecule has 0 saturated heterocycles. The van der Waals surface area contributed by atoms with E-state index < -0.39 is 6.10 Å². The third kappa shape index (κ3) is 4.80. The maximum absolute atomic E-state index is 10.4. The van der Waals surface area contributed by atoms with Crippen molar-refractivity contribution < 1.29 is 9.63 Å². The van der Waals surface area contributed by atoms with Gasteiger partial charge in [0, 0.05) is 36.1 Å². The summed E-state index contributed by atoms with van der Waals surface area (Å²) in [4.78, 5) is 9.30. The second-order valence-corrected chi connectivity index (χ2v) is 7.04.